The van der Waals surface area contributed by atoms with Gasteiger partial charge in [-0.05, 0) is 54.6 Å². The topological polar surface area (TPSA) is 44.8 Å². The minimum absolute atomic E-state index is 0.130. The van der Waals surface area contributed by atoms with Crippen molar-refractivity contribution in [2.45, 2.75) is 18.4 Å². The largest absolute Gasteiger partial charge is 0.493 e. The lowest BCUT2D eigenvalue weighted by Crippen LogP contribution is -2.07. The van der Waals surface area contributed by atoms with Crippen LogP contribution in [-0.2, 0) is 11.3 Å². The third kappa shape index (κ3) is 4.16. The first-order valence-electron chi connectivity index (χ1n) is 7.22. The number of hydrogen-bond donors (Lipinski definition) is 0. The van der Waals surface area contributed by atoms with Crippen molar-refractivity contribution in [1.29, 1.82) is 0 Å². The van der Waals surface area contributed by atoms with E-state index in [2.05, 4.69) is 0 Å². The van der Waals surface area contributed by atoms with Gasteiger partial charge < -0.3 is 14.2 Å². The van der Waals surface area contributed by atoms with Crippen LogP contribution in [0.2, 0.25) is 5.02 Å². The summed E-state index contributed by atoms with van der Waals surface area (Å²) in [4.78, 5) is 13.3. The second-order valence-corrected chi connectivity index (χ2v) is 6.34. The van der Waals surface area contributed by atoms with Crippen LogP contribution in [0.1, 0.15) is 21.5 Å². The van der Waals surface area contributed by atoms with Gasteiger partial charge in [0.25, 0.3) is 0 Å². The maximum atomic E-state index is 12.3. The molecule has 0 N–H and O–H groups in total. The number of rotatable bonds is 6. The van der Waals surface area contributed by atoms with Crippen molar-refractivity contribution < 1.29 is 19.0 Å². The van der Waals surface area contributed by atoms with E-state index in [1.807, 2.05) is 25.3 Å². The number of esters is 1. The molecule has 0 fully saturated rings. The van der Waals surface area contributed by atoms with Gasteiger partial charge in [-0.3, -0.25) is 0 Å². The van der Waals surface area contributed by atoms with E-state index in [9.17, 15) is 4.79 Å². The van der Waals surface area contributed by atoms with Gasteiger partial charge in [0.15, 0.2) is 11.5 Å². The smallest absolute Gasteiger partial charge is 0.340 e. The number of hydrogen-bond acceptors (Lipinski definition) is 5. The summed E-state index contributed by atoms with van der Waals surface area (Å²) in [5.74, 6) is 0.780. The zero-order valence-electron chi connectivity index (χ0n) is 14.0. The number of thioether (sulfide) groups is 1. The average molecular weight is 367 g/mol. The van der Waals surface area contributed by atoms with Gasteiger partial charge in [0, 0.05) is 4.90 Å². The second-order valence-electron chi connectivity index (χ2n) is 5.06. The van der Waals surface area contributed by atoms with E-state index in [4.69, 9.17) is 25.8 Å². The SMILES string of the molecule is COc1cc(C)c(COC(=O)c2cc(SC)ccc2Cl)cc1OC. The number of carbonyl (C=O) groups is 1. The molecule has 0 aliphatic carbocycles. The Bertz CT molecular complexity index is 746. The van der Waals surface area contributed by atoms with Crippen LogP contribution < -0.4 is 9.47 Å². The minimum Gasteiger partial charge on any atom is -0.493 e. The van der Waals surface area contributed by atoms with E-state index in [0.717, 1.165) is 16.0 Å². The van der Waals surface area contributed by atoms with Gasteiger partial charge in [0.05, 0.1) is 24.8 Å². The number of ether oxygens (including phenoxy) is 3. The lowest BCUT2D eigenvalue weighted by atomic mass is 10.1. The van der Waals surface area contributed by atoms with Crippen LogP contribution >= 0.6 is 23.4 Å². The van der Waals surface area contributed by atoms with Gasteiger partial charge >= 0.3 is 5.97 Å². The molecule has 0 aliphatic rings. The predicted octanol–water partition coefficient (Wildman–Crippen LogP) is 4.74. The predicted molar refractivity (Wildman–Crippen MR) is 96.6 cm³/mol. The summed E-state index contributed by atoms with van der Waals surface area (Å²) in [5, 5.41) is 0.377. The molecule has 128 valence electrons. The first kappa shape index (κ1) is 18.5. The van der Waals surface area contributed by atoms with E-state index < -0.39 is 5.97 Å². The Morgan fingerprint density at radius 2 is 1.79 bits per heavy atom. The average Bonchev–Trinajstić information content (AvgIpc) is 2.60. The van der Waals surface area contributed by atoms with E-state index >= 15 is 0 Å². The molecule has 2 rings (SSSR count). The van der Waals surface area contributed by atoms with E-state index in [1.165, 1.54) is 11.8 Å². The quantitative estimate of drug-likeness (QED) is 0.545. The third-order valence-corrected chi connectivity index (χ3v) is 4.65. The molecule has 0 saturated carbocycles. The molecule has 6 heteroatoms. The molecule has 0 spiro atoms. The number of halogens is 1. The molecular weight excluding hydrogens is 348 g/mol. The van der Waals surface area contributed by atoms with Gasteiger partial charge in [0.1, 0.15) is 6.61 Å². The molecule has 0 unspecified atom stereocenters. The Kier molecular flexibility index (Phi) is 6.40. The molecule has 2 aromatic rings. The van der Waals surface area contributed by atoms with Gasteiger partial charge in [-0.1, -0.05) is 11.6 Å². The fraction of sp³-hybridized carbons (Fsp3) is 0.278. The van der Waals surface area contributed by atoms with Crippen molar-refractivity contribution >= 4 is 29.3 Å². The summed E-state index contributed by atoms with van der Waals surface area (Å²) in [5.41, 5.74) is 2.16. The van der Waals surface area contributed by atoms with Gasteiger partial charge in [-0.2, -0.15) is 0 Å². The highest BCUT2D eigenvalue weighted by molar-refractivity contribution is 7.98. The van der Waals surface area contributed by atoms with Crippen molar-refractivity contribution in [3.05, 3.63) is 52.0 Å². The van der Waals surface area contributed by atoms with E-state index in [-0.39, 0.29) is 6.61 Å². The highest BCUT2D eigenvalue weighted by Gasteiger charge is 2.15. The van der Waals surface area contributed by atoms with Crippen molar-refractivity contribution in [3.8, 4) is 11.5 Å². The molecule has 0 atom stereocenters. The van der Waals surface area contributed by atoms with Crippen molar-refractivity contribution in [2.75, 3.05) is 20.5 Å². The molecule has 0 bridgehead atoms. The van der Waals surface area contributed by atoms with Crippen LogP contribution in [0, 0.1) is 6.92 Å². The Hall–Kier alpha value is -1.85. The van der Waals surface area contributed by atoms with Crippen molar-refractivity contribution in [3.63, 3.8) is 0 Å². The Morgan fingerprint density at radius 3 is 2.42 bits per heavy atom. The highest BCUT2D eigenvalue weighted by Crippen LogP contribution is 2.31. The summed E-state index contributed by atoms with van der Waals surface area (Å²) in [6.45, 7) is 2.05. The zero-order chi connectivity index (χ0) is 17.7. The minimum atomic E-state index is -0.454. The lowest BCUT2D eigenvalue weighted by molar-refractivity contribution is 0.0471. The second kappa shape index (κ2) is 8.31. The third-order valence-electron chi connectivity index (χ3n) is 3.59. The summed E-state index contributed by atoms with van der Waals surface area (Å²) < 4.78 is 16.0. The van der Waals surface area contributed by atoms with Crippen molar-refractivity contribution in [1.82, 2.24) is 0 Å². The maximum Gasteiger partial charge on any atom is 0.340 e. The highest BCUT2D eigenvalue weighted by atomic mass is 35.5. The zero-order valence-corrected chi connectivity index (χ0v) is 15.6. The van der Waals surface area contributed by atoms with Crippen LogP contribution in [0.4, 0.5) is 0 Å². The Labute approximate surface area is 151 Å². The molecular formula is C18H19ClO4S. The first-order valence-corrected chi connectivity index (χ1v) is 8.82. The monoisotopic (exact) mass is 366 g/mol. The summed E-state index contributed by atoms with van der Waals surface area (Å²) in [6, 6.07) is 8.95. The summed E-state index contributed by atoms with van der Waals surface area (Å²) in [7, 11) is 3.15. The van der Waals surface area contributed by atoms with Crippen LogP contribution in [0.25, 0.3) is 0 Å². The summed E-state index contributed by atoms with van der Waals surface area (Å²) in [6.07, 6.45) is 1.94. The number of benzene rings is 2. The van der Waals surface area contributed by atoms with E-state index in [0.29, 0.717) is 22.1 Å². The molecule has 2 aromatic carbocycles. The molecule has 0 aliphatic heterocycles. The number of aryl methyl sites for hydroxylation is 1. The number of carbonyl (C=O) groups excluding carboxylic acids is 1. The summed E-state index contributed by atoms with van der Waals surface area (Å²) >= 11 is 7.64. The fourth-order valence-corrected chi connectivity index (χ4v) is 2.82. The molecule has 0 heterocycles. The van der Waals surface area contributed by atoms with Gasteiger partial charge in [-0.15, -0.1) is 11.8 Å². The van der Waals surface area contributed by atoms with Crippen LogP contribution in [-0.4, -0.2) is 26.4 Å². The molecule has 0 radical (unpaired) electrons. The molecule has 0 saturated heterocycles. The Balaban J connectivity index is 2.17. The Morgan fingerprint density at radius 1 is 1.12 bits per heavy atom. The first-order chi connectivity index (χ1) is 11.5. The standard InChI is InChI=1S/C18H19ClO4S/c1-11-7-16(21-2)17(22-3)8-12(11)10-23-18(20)14-9-13(24-4)5-6-15(14)19/h5-9H,10H2,1-4H3. The van der Waals surface area contributed by atoms with Gasteiger partial charge in [-0.25, -0.2) is 4.79 Å². The van der Waals surface area contributed by atoms with Crippen LogP contribution in [0.15, 0.2) is 35.2 Å². The fourth-order valence-electron chi connectivity index (χ4n) is 2.19. The number of methoxy groups -OCH3 is 2. The van der Waals surface area contributed by atoms with Crippen LogP contribution in [0.3, 0.4) is 0 Å². The molecule has 0 aromatic heterocycles. The van der Waals surface area contributed by atoms with Crippen LogP contribution in [0.5, 0.6) is 11.5 Å². The maximum absolute atomic E-state index is 12.3. The molecule has 24 heavy (non-hydrogen) atoms. The van der Waals surface area contributed by atoms with E-state index in [1.54, 1.807) is 32.4 Å². The lowest BCUT2D eigenvalue weighted by Gasteiger charge is -2.13. The van der Waals surface area contributed by atoms with Gasteiger partial charge in [0.2, 0.25) is 0 Å². The van der Waals surface area contributed by atoms with Crippen molar-refractivity contribution in [2.24, 2.45) is 0 Å². The molecule has 0 amide bonds. The normalized spacial score (nSPS) is 10.4. The molecule has 4 nitrogen and oxygen atoms in total.